The second kappa shape index (κ2) is 7.01. The zero-order valence-electron chi connectivity index (χ0n) is 12.2. The van der Waals surface area contributed by atoms with Crippen LogP contribution in [0.4, 0.5) is 4.79 Å². The van der Waals surface area contributed by atoms with Crippen molar-refractivity contribution in [3.8, 4) is 5.75 Å². The molecular weight excluding hydrogens is 414 g/mol. The first-order valence-corrected chi connectivity index (χ1v) is 8.92. The maximum atomic E-state index is 12.5. The minimum absolute atomic E-state index is 0.110. The normalized spacial score (nSPS) is 16.2. The van der Waals surface area contributed by atoms with E-state index < -0.39 is 0 Å². The lowest BCUT2D eigenvalue weighted by Crippen LogP contribution is -2.27. The monoisotopic (exact) mass is 423 g/mol. The van der Waals surface area contributed by atoms with Crippen LogP contribution >= 0.6 is 39.3 Å². The van der Waals surface area contributed by atoms with E-state index in [9.17, 15) is 14.7 Å². The van der Waals surface area contributed by atoms with E-state index in [2.05, 4.69) is 15.9 Å². The van der Waals surface area contributed by atoms with Gasteiger partial charge in [0.05, 0.1) is 15.9 Å². The smallest absolute Gasteiger partial charge is 0.293 e. The summed E-state index contributed by atoms with van der Waals surface area (Å²) in [5.41, 5.74) is 1.43. The summed E-state index contributed by atoms with van der Waals surface area (Å²) in [5, 5.41) is 9.70. The lowest BCUT2D eigenvalue weighted by Gasteiger charge is -2.13. The van der Waals surface area contributed by atoms with Gasteiger partial charge in [-0.25, -0.2) is 0 Å². The van der Waals surface area contributed by atoms with Gasteiger partial charge in [0.25, 0.3) is 11.1 Å². The second-order valence-electron chi connectivity index (χ2n) is 5.07. The molecule has 1 N–H and O–H groups in total. The minimum atomic E-state index is -0.353. The number of phenolic OH excluding ortho intramolecular Hbond substituents is 1. The van der Waals surface area contributed by atoms with Gasteiger partial charge < -0.3 is 5.11 Å². The number of hydrogen-bond donors (Lipinski definition) is 1. The lowest BCUT2D eigenvalue weighted by atomic mass is 10.2. The van der Waals surface area contributed by atoms with Gasteiger partial charge in [-0.3, -0.25) is 14.5 Å². The van der Waals surface area contributed by atoms with Gasteiger partial charge in [0, 0.05) is 5.02 Å². The summed E-state index contributed by atoms with van der Waals surface area (Å²) < 4.78 is 0.520. The van der Waals surface area contributed by atoms with E-state index in [0.717, 1.165) is 17.3 Å². The molecule has 1 saturated heterocycles. The number of phenols is 1. The number of carbonyl (C=O) groups excluding carboxylic acids is 2. The number of aromatic hydroxyl groups is 1. The number of hydrogen-bond acceptors (Lipinski definition) is 4. The van der Waals surface area contributed by atoms with Gasteiger partial charge in [0.1, 0.15) is 5.75 Å². The van der Waals surface area contributed by atoms with Crippen LogP contribution in [0, 0.1) is 0 Å². The average Bonchev–Trinajstić information content (AvgIpc) is 2.80. The van der Waals surface area contributed by atoms with Crippen LogP contribution in [-0.4, -0.2) is 21.2 Å². The topological polar surface area (TPSA) is 57.6 Å². The molecule has 1 aliphatic heterocycles. The summed E-state index contributed by atoms with van der Waals surface area (Å²) in [6, 6.07) is 12.0. The molecule has 1 fully saturated rings. The minimum Gasteiger partial charge on any atom is -0.507 e. The molecular formula is C17H11BrClNO3S. The lowest BCUT2D eigenvalue weighted by molar-refractivity contribution is -0.123. The molecule has 0 aliphatic carbocycles. The van der Waals surface area contributed by atoms with Gasteiger partial charge in [0.15, 0.2) is 0 Å². The van der Waals surface area contributed by atoms with Crippen molar-refractivity contribution in [2.75, 3.05) is 0 Å². The SMILES string of the molecule is O=C1S/C(=C/c2ccc(O)c(Br)c2)C(=O)N1Cc1ccccc1Cl. The molecule has 0 atom stereocenters. The second-order valence-corrected chi connectivity index (χ2v) is 7.32. The molecule has 0 radical (unpaired) electrons. The van der Waals surface area contributed by atoms with E-state index in [1.807, 2.05) is 6.07 Å². The molecule has 0 aromatic heterocycles. The highest BCUT2D eigenvalue weighted by atomic mass is 79.9. The molecule has 1 aliphatic rings. The van der Waals surface area contributed by atoms with Gasteiger partial charge in [0.2, 0.25) is 0 Å². The molecule has 1 heterocycles. The van der Waals surface area contributed by atoms with Crippen LogP contribution < -0.4 is 0 Å². The Labute approximate surface area is 156 Å². The van der Waals surface area contributed by atoms with E-state index in [-0.39, 0.29) is 23.4 Å². The molecule has 0 bridgehead atoms. The summed E-state index contributed by atoms with van der Waals surface area (Å²) >= 11 is 10.2. The van der Waals surface area contributed by atoms with Crippen LogP contribution in [0.3, 0.4) is 0 Å². The highest BCUT2D eigenvalue weighted by Crippen LogP contribution is 2.35. The number of nitrogens with zero attached hydrogens (tertiary/aromatic N) is 1. The van der Waals surface area contributed by atoms with E-state index in [0.29, 0.717) is 20.0 Å². The largest absolute Gasteiger partial charge is 0.507 e. The first-order valence-electron chi connectivity index (χ1n) is 6.93. The predicted octanol–water partition coefficient (Wildman–Crippen LogP) is 5.04. The van der Waals surface area contributed by atoms with Crippen molar-refractivity contribution in [3.05, 3.63) is 68.0 Å². The van der Waals surface area contributed by atoms with Crippen molar-refractivity contribution >= 4 is 56.5 Å². The maximum absolute atomic E-state index is 12.5. The average molecular weight is 425 g/mol. The number of halogens is 2. The van der Waals surface area contributed by atoms with E-state index in [1.54, 1.807) is 36.4 Å². The Balaban J connectivity index is 1.84. The molecule has 7 heteroatoms. The number of carbonyl (C=O) groups is 2. The van der Waals surface area contributed by atoms with E-state index >= 15 is 0 Å². The van der Waals surface area contributed by atoms with Gasteiger partial charge in [-0.2, -0.15) is 0 Å². The maximum Gasteiger partial charge on any atom is 0.293 e. The first kappa shape index (κ1) is 17.1. The van der Waals surface area contributed by atoms with Gasteiger partial charge in [-0.1, -0.05) is 35.9 Å². The molecule has 0 saturated carbocycles. The number of thioether (sulfide) groups is 1. The first-order chi connectivity index (χ1) is 11.5. The molecule has 0 spiro atoms. The Kier molecular flexibility index (Phi) is 4.99. The van der Waals surface area contributed by atoms with Crippen molar-refractivity contribution in [3.63, 3.8) is 0 Å². The molecule has 24 heavy (non-hydrogen) atoms. The molecule has 3 rings (SSSR count). The molecule has 2 aromatic carbocycles. The standard InChI is InChI=1S/C17H11BrClNO3S/c18-12-7-10(5-6-14(12)21)8-15-16(22)20(17(23)24-15)9-11-3-1-2-4-13(11)19/h1-8,21H,9H2/b15-8+. The number of benzene rings is 2. The van der Waals surface area contributed by atoms with Crippen LogP contribution in [0.1, 0.15) is 11.1 Å². The third-order valence-electron chi connectivity index (χ3n) is 3.43. The van der Waals surface area contributed by atoms with Crippen LogP contribution in [0.25, 0.3) is 6.08 Å². The Morgan fingerprint density at radius 2 is 1.96 bits per heavy atom. The Bertz CT molecular complexity index is 869. The summed E-state index contributed by atoms with van der Waals surface area (Å²) in [4.78, 5) is 26.2. The summed E-state index contributed by atoms with van der Waals surface area (Å²) in [6.45, 7) is 0.140. The van der Waals surface area contributed by atoms with Gasteiger partial charge >= 0.3 is 0 Å². The van der Waals surface area contributed by atoms with Crippen molar-refractivity contribution in [2.24, 2.45) is 0 Å². The Morgan fingerprint density at radius 3 is 2.67 bits per heavy atom. The number of imide groups is 1. The van der Waals surface area contributed by atoms with Crippen LogP contribution in [0.5, 0.6) is 5.75 Å². The van der Waals surface area contributed by atoms with Crippen molar-refractivity contribution in [1.29, 1.82) is 0 Å². The van der Waals surface area contributed by atoms with Crippen molar-refractivity contribution in [2.45, 2.75) is 6.54 Å². The quantitative estimate of drug-likeness (QED) is 0.701. The highest BCUT2D eigenvalue weighted by molar-refractivity contribution is 9.10. The molecule has 122 valence electrons. The predicted molar refractivity (Wildman–Crippen MR) is 98.8 cm³/mol. The molecule has 2 aromatic rings. The molecule has 0 unspecified atom stereocenters. The molecule has 2 amide bonds. The van der Waals surface area contributed by atoms with Crippen molar-refractivity contribution in [1.82, 2.24) is 4.90 Å². The third kappa shape index (κ3) is 3.50. The van der Waals surface area contributed by atoms with Crippen LogP contribution in [0.15, 0.2) is 51.8 Å². The zero-order valence-corrected chi connectivity index (χ0v) is 15.4. The summed E-state index contributed by atoms with van der Waals surface area (Å²) in [6.07, 6.45) is 1.63. The fraction of sp³-hybridized carbons (Fsp3) is 0.0588. The summed E-state index contributed by atoms with van der Waals surface area (Å²) in [7, 11) is 0. The number of amides is 2. The van der Waals surface area contributed by atoms with Crippen LogP contribution in [0.2, 0.25) is 5.02 Å². The Hall–Kier alpha value is -1.76. The van der Waals surface area contributed by atoms with Gasteiger partial charge in [-0.05, 0) is 63.1 Å². The highest BCUT2D eigenvalue weighted by Gasteiger charge is 2.35. The van der Waals surface area contributed by atoms with Gasteiger partial charge in [-0.15, -0.1) is 0 Å². The number of rotatable bonds is 3. The third-order valence-corrected chi connectivity index (χ3v) is 5.34. The molecule has 4 nitrogen and oxygen atoms in total. The van der Waals surface area contributed by atoms with Crippen LogP contribution in [-0.2, 0) is 11.3 Å². The summed E-state index contributed by atoms with van der Waals surface area (Å²) in [5.74, 6) is -0.243. The zero-order chi connectivity index (χ0) is 17.3. The van der Waals surface area contributed by atoms with E-state index in [4.69, 9.17) is 11.6 Å². The fourth-order valence-electron chi connectivity index (χ4n) is 2.20. The Morgan fingerprint density at radius 1 is 1.21 bits per heavy atom. The van der Waals surface area contributed by atoms with Crippen molar-refractivity contribution < 1.29 is 14.7 Å². The fourth-order valence-corrected chi connectivity index (χ4v) is 3.63. The van der Waals surface area contributed by atoms with E-state index in [1.165, 1.54) is 11.0 Å².